The number of carbonyl (C=O) groups excluding carboxylic acids is 2. The Morgan fingerprint density at radius 3 is 2.23 bits per heavy atom. The lowest BCUT2D eigenvalue weighted by molar-refractivity contribution is -0.148. The Kier molecular flexibility index (Phi) is 8.02. The van der Waals surface area contributed by atoms with Gasteiger partial charge in [0.05, 0.1) is 6.10 Å². The summed E-state index contributed by atoms with van der Waals surface area (Å²) in [5.41, 5.74) is 4.73. The predicted molar refractivity (Wildman–Crippen MR) is 130 cm³/mol. The molecule has 8 heteroatoms. The van der Waals surface area contributed by atoms with Crippen molar-refractivity contribution in [1.29, 1.82) is 0 Å². The number of carbonyl (C=O) groups is 3. The number of carboxylic acid groups (broad SMARTS) is 1. The summed E-state index contributed by atoms with van der Waals surface area (Å²) in [6.07, 6.45) is 2.17. The second kappa shape index (κ2) is 11.4. The maximum Gasteiger partial charge on any atom is 0.407 e. The molecule has 2 aromatic rings. The van der Waals surface area contributed by atoms with Crippen LogP contribution in [0.4, 0.5) is 4.79 Å². The largest absolute Gasteiger partial charge is 0.480 e. The number of ether oxygens (including phenoxy) is 1. The molecule has 4 rings (SSSR count). The first-order valence-corrected chi connectivity index (χ1v) is 12.2. The van der Waals surface area contributed by atoms with Gasteiger partial charge < -0.3 is 25.2 Å². The number of unbranched alkanes of at least 4 members (excludes halogenated alkanes) is 3. The van der Waals surface area contributed by atoms with Crippen LogP contribution in [0.2, 0.25) is 0 Å². The van der Waals surface area contributed by atoms with Crippen molar-refractivity contribution in [3.05, 3.63) is 59.7 Å². The zero-order chi connectivity index (χ0) is 24.8. The van der Waals surface area contributed by atoms with E-state index in [-0.39, 0.29) is 37.8 Å². The number of aliphatic hydroxyl groups is 1. The first-order chi connectivity index (χ1) is 17.0. The van der Waals surface area contributed by atoms with E-state index in [1.165, 1.54) is 27.2 Å². The highest BCUT2D eigenvalue weighted by molar-refractivity contribution is 5.84. The molecule has 0 aromatic heterocycles. The van der Waals surface area contributed by atoms with Crippen LogP contribution in [0.1, 0.15) is 55.6 Å². The fraction of sp³-hybridized carbons (Fsp3) is 0.444. The van der Waals surface area contributed by atoms with Gasteiger partial charge in [-0.05, 0) is 35.1 Å². The molecular weight excluding hydrogens is 448 g/mol. The minimum Gasteiger partial charge on any atom is -0.480 e. The molecule has 2 amide bonds. The van der Waals surface area contributed by atoms with E-state index in [2.05, 4.69) is 29.6 Å². The molecule has 1 fully saturated rings. The first-order valence-electron chi connectivity index (χ1n) is 12.2. The summed E-state index contributed by atoms with van der Waals surface area (Å²) in [5.74, 6) is -1.27. The molecule has 0 saturated carbocycles. The summed E-state index contributed by atoms with van der Waals surface area (Å²) in [5, 5.41) is 21.7. The molecule has 1 aliphatic heterocycles. The third-order valence-corrected chi connectivity index (χ3v) is 6.81. The van der Waals surface area contributed by atoms with Crippen molar-refractivity contribution in [3.63, 3.8) is 0 Å². The van der Waals surface area contributed by atoms with Crippen molar-refractivity contribution in [2.75, 3.05) is 19.7 Å². The molecule has 1 saturated heterocycles. The number of amides is 2. The van der Waals surface area contributed by atoms with Crippen molar-refractivity contribution in [3.8, 4) is 11.1 Å². The number of carboxylic acids is 1. The standard InChI is InChI=1S/C27H32N2O6/c30-18-15-24(26(32)33)29(16-18)25(31)13-3-1-2-8-14-28-27(34)35-17-23-21-11-6-4-9-19(21)20-10-5-7-12-22(20)23/h4-7,9-12,18,23-24,30H,1-3,8,13-17H2,(H,28,34)(H,32,33)/t18-,24-/m1/s1. The third kappa shape index (κ3) is 5.82. The van der Waals surface area contributed by atoms with E-state index >= 15 is 0 Å². The third-order valence-electron chi connectivity index (χ3n) is 6.81. The monoisotopic (exact) mass is 480 g/mol. The van der Waals surface area contributed by atoms with Crippen molar-refractivity contribution in [2.45, 2.75) is 56.6 Å². The normalized spacial score (nSPS) is 18.7. The van der Waals surface area contributed by atoms with E-state index in [4.69, 9.17) is 4.74 Å². The van der Waals surface area contributed by atoms with Crippen LogP contribution in [0, 0.1) is 0 Å². The van der Waals surface area contributed by atoms with Crippen LogP contribution < -0.4 is 5.32 Å². The molecule has 2 atom stereocenters. The van der Waals surface area contributed by atoms with Gasteiger partial charge in [-0.1, -0.05) is 61.4 Å². The number of hydrogen-bond acceptors (Lipinski definition) is 5. The fourth-order valence-electron chi connectivity index (χ4n) is 5.06. The van der Waals surface area contributed by atoms with Crippen LogP contribution >= 0.6 is 0 Å². The maximum atomic E-state index is 12.3. The number of nitrogens with one attached hydrogen (secondary N) is 1. The quantitative estimate of drug-likeness (QED) is 0.448. The van der Waals surface area contributed by atoms with E-state index in [0.29, 0.717) is 13.0 Å². The minimum atomic E-state index is -1.07. The summed E-state index contributed by atoms with van der Waals surface area (Å²) in [6.45, 7) is 0.856. The van der Waals surface area contributed by atoms with E-state index in [0.717, 1.165) is 19.3 Å². The summed E-state index contributed by atoms with van der Waals surface area (Å²) < 4.78 is 5.53. The maximum absolute atomic E-state index is 12.3. The van der Waals surface area contributed by atoms with Crippen LogP contribution in [-0.2, 0) is 14.3 Å². The molecular formula is C27H32N2O6. The lowest BCUT2D eigenvalue weighted by atomic mass is 9.98. The molecule has 0 radical (unpaired) electrons. The van der Waals surface area contributed by atoms with Crippen molar-refractivity contribution < 1.29 is 29.3 Å². The Morgan fingerprint density at radius 1 is 0.943 bits per heavy atom. The SMILES string of the molecule is O=C(NCCCCCCC(=O)N1C[C@H](O)C[C@@H]1C(=O)O)OCC1c2ccccc2-c2ccccc21. The zero-order valence-electron chi connectivity index (χ0n) is 19.7. The number of aliphatic carboxylic acids is 1. The molecule has 2 aromatic carbocycles. The van der Waals surface area contributed by atoms with Crippen LogP contribution in [0.15, 0.2) is 48.5 Å². The molecule has 0 unspecified atom stereocenters. The second-order valence-electron chi connectivity index (χ2n) is 9.21. The number of rotatable bonds is 10. The van der Waals surface area contributed by atoms with Crippen molar-refractivity contribution in [2.24, 2.45) is 0 Å². The molecule has 1 heterocycles. The summed E-state index contributed by atoms with van der Waals surface area (Å²) in [4.78, 5) is 37.0. The Hall–Kier alpha value is -3.39. The fourth-order valence-corrected chi connectivity index (χ4v) is 5.06. The molecule has 35 heavy (non-hydrogen) atoms. The number of fused-ring (bicyclic) bond motifs is 3. The van der Waals surface area contributed by atoms with Gasteiger partial charge in [0, 0.05) is 31.8 Å². The number of likely N-dealkylation sites (tertiary alicyclic amines) is 1. The molecule has 2 aliphatic rings. The van der Waals surface area contributed by atoms with Gasteiger partial charge in [0.1, 0.15) is 12.6 Å². The van der Waals surface area contributed by atoms with E-state index < -0.39 is 24.2 Å². The number of β-amino-alcohol motifs (C(OH)–C–C–N with tert-alkyl or cyclic N) is 1. The first kappa shape index (κ1) is 24.7. The van der Waals surface area contributed by atoms with Crippen molar-refractivity contribution in [1.82, 2.24) is 10.2 Å². The molecule has 8 nitrogen and oxygen atoms in total. The van der Waals surface area contributed by atoms with Gasteiger partial charge in [-0.3, -0.25) is 4.79 Å². The highest BCUT2D eigenvalue weighted by atomic mass is 16.5. The summed E-state index contributed by atoms with van der Waals surface area (Å²) in [7, 11) is 0. The van der Waals surface area contributed by atoms with E-state index in [1.807, 2.05) is 24.3 Å². The van der Waals surface area contributed by atoms with Gasteiger partial charge in [-0.2, -0.15) is 0 Å². The van der Waals surface area contributed by atoms with Gasteiger partial charge in [-0.15, -0.1) is 0 Å². The number of hydrogen-bond donors (Lipinski definition) is 3. The number of nitrogens with zero attached hydrogens (tertiary/aromatic N) is 1. The van der Waals surface area contributed by atoms with Crippen LogP contribution in [0.3, 0.4) is 0 Å². The van der Waals surface area contributed by atoms with Gasteiger partial charge in [0.25, 0.3) is 0 Å². The average molecular weight is 481 g/mol. The minimum absolute atomic E-state index is 0.0307. The molecule has 0 spiro atoms. The average Bonchev–Trinajstić information content (AvgIpc) is 3.40. The zero-order valence-corrected chi connectivity index (χ0v) is 19.7. The van der Waals surface area contributed by atoms with Gasteiger partial charge >= 0.3 is 12.1 Å². The molecule has 186 valence electrons. The van der Waals surface area contributed by atoms with Gasteiger partial charge in [-0.25, -0.2) is 9.59 Å². The number of alkyl carbamates (subject to hydrolysis) is 1. The lowest BCUT2D eigenvalue weighted by Gasteiger charge is -2.21. The Morgan fingerprint density at radius 2 is 1.57 bits per heavy atom. The Labute approximate surface area is 204 Å². The van der Waals surface area contributed by atoms with E-state index in [1.54, 1.807) is 0 Å². The van der Waals surface area contributed by atoms with Crippen LogP contribution in [0.25, 0.3) is 11.1 Å². The molecule has 0 bridgehead atoms. The number of aliphatic hydroxyl groups excluding tert-OH is 1. The van der Waals surface area contributed by atoms with E-state index in [9.17, 15) is 24.6 Å². The van der Waals surface area contributed by atoms with Gasteiger partial charge in [0.2, 0.25) is 5.91 Å². The van der Waals surface area contributed by atoms with Gasteiger partial charge in [0.15, 0.2) is 0 Å². The Balaban J connectivity index is 1.11. The summed E-state index contributed by atoms with van der Waals surface area (Å²) >= 11 is 0. The van der Waals surface area contributed by atoms with Crippen LogP contribution in [-0.4, -0.2) is 64.9 Å². The topological polar surface area (TPSA) is 116 Å². The molecule has 3 N–H and O–H groups in total. The summed E-state index contributed by atoms with van der Waals surface area (Å²) in [6, 6.07) is 15.5. The lowest BCUT2D eigenvalue weighted by Crippen LogP contribution is -2.40. The highest BCUT2D eigenvalue weighted by Crippen LogP contribution is 2.44. The Bertz CT molecular complexity index is 1030. The smallest absolute Gasteiger partial charge is 0.407 e. The van der Waals surface area contributed by atoms with Crippen molar-refractivity contribution >= 4 is 18.0 Å². The number of benzene rings is 2. The predicted octanol–water partition coefficient (Wildman–Crippen LogP) is 3.52. The van der Waals surface area contributed by atoms with Crippen LogP contribution in [0.5, 0.6) is 0 Å². The molecule has 1 aliphatic carbocycles. The second-order valence-corrected chi connectivity index (χ2v) is 9.21. The highest BCUT2D eigenvalue weighted by Gasteiger charge is 2.38.